The van der Waals surface area contributed by atoms with Gasteiger partial charge in [-0.15, -0.1) is 0 Å². The summed E-state index contributed by atoms with van der Waals surface area (Å²) in [6, 6.07) is 2.97. The Hall–Kier alpha value is -1.67. The second kappa shape index (κ2) is 5.37. The van der Waals surface area contributed by atoms with Crippen LogP contribution in [0.4, 0.5) is 4.39 Å². The molecule has 1 saturated heterocycles. The minimum atomic E-state index is -3.33. The Balaban J connectivity index is 2.08. The van der Waals surface area contributed by atoms with Crippen LogP contribution in [-0.4, -0.2) is 49.7 Å². The molecule has 0 aliphatic carbocycles. The molecule has 2 N–H and O–H groups in total. The third-order valence-corrected chi connectivity index (χ3v) is 3.80. The van der Waals surface area contributed by atoms with Gasteiger partial charge in [-0.3, -0.25) is 4.79 Å². The Labute approximate surface area is 116 Å². The van der Waals surface area contributed by atoms with Crippen molar-refractivity contribution in [3.8, 4) is 5.75 Å². The molecule has 1 aliphatic rings. The Kier molecular flexibility index (Phi) is 3.96. The van der Waals surface area contributed by atoms with E-state index in [0.29, 0.717) is 13.0 Å². The van der Waals surface area contributed by atoms with Crippen LogP contribution in [0.15, 0.2) is 18.2 Å². The van der Waals surface area contributed by atoms with Crippen LogP contribution in [0.25, 0.3) is 0 Å². The summed E-state index contributed by atoms with van der Waals surface area (Å²) in [5, 5.41) is 9.11. The molecule has 6 nitrogen and oxygen atoms in total. The number of hydrogen-bond donors (Lipinski definition) is 2. The predicted molar refractivity (Wildman–Crippen MR) is 70.4 cm³/mol. The van der Waals surface area contributed by atoms with Crippen molar-refractivity contribution in [2.45, 2.75) is 12.5 Å². The zero-order valence-electron chi connectivity index (χ0n) is 10.8. The van der Waals surface area contributed by atoms with Crippen molar-refractivity contribution in [1.29, 1.82) is 0 Å². The van der Waals surface area contributed by atoms with Crippen molar-refractivity contribution in [2.75, 3.05) is 19.3 Å². The van der Waals surface area contributed by atoms with Crippen molar-refractivity contribution in [3.05, 3.63) is 29.6 Å². The smallest absolute Gasteiger partial charge is 0.256 e. The molecule has 1 aromatic carbocycles. The quantitative estimate of drug-likeness (QED) is 0.840. The van der Waals surface area contributed by atoms with E-state index < -0.39 is 21.7 Å². The topological polar surface area (TPSA) is 86.7 Å². The van der Waals surface area contributed by atoms with Gasteiger partial charge in [-0.25, -0.2) is 17.5 Å². The van der Waals surface area contributed by atoms with E-state index in [4.69, 9.17) is 5.11 Å². The van der Waals surface area contributed by atoms with Crippen molar-refractivity contribution in [2.24, 2.45) is 0 Å². The third-order valence-electron chi connectivity index (χ3n) is 3.04. The highest BCUT2D eigenvalue weighted by Crippen LogP contribution is 2.19. The average molecular weight is 302 g/mol. The van der Waals surface area contributed by atoms with Gasteiger partial charge in [0.05, 0.1) is 11.8 Å². The van der Waals surface area contributed by atoms with E-state index in [1.165, 1.54) is 17.0 Å². The number of phenols is 1. The molecule has 20 heavy (non-hydrogen) atoms. The lowest BCUT2D eigenvalue weighted by Crippen LogP contribution is -2.38. The monoisotopic (exact) mass is 302 g/mol. The second-order valence-electron chi connectivity index (χ2n) is 4.79. The third kappa shape index (κ3) is 3.45. The maximum Gasteiger partial charge on any atom is 0.256 e. The van der Waals surface area contributed by atoms with Crippen molar-refractivity contribution in [1.82, 2.24) is 9.62 Å². The highest BCUT2D eigenvalue weighted by Gasteiger charge is 2.29. The summed E-state index contributed by atoms with van der Waals surface area (Å²) in [5.41, 5.74) is -0.136. The Morgan fingerprint density at radius 1 is 1.50 bits per heavy atom. The summed E-state index contributed by atoms with van der Waals surface area (Å²) < 4.78 is 38.3. The number of likely N-dealkylation sites (tertiary alicyclic amines) is 1. The van der Waals surface area contributed by atoms with Crippen LogP contribution < -0.4 is 4.72 Å². The number of amides is 1. The number of halogens is 1. The fraction of sp³-hybridized carbons (Fsp3) is 0.417. The molecular weight excluding hydrogens is 287 g/mol. The number of carbonyl (C=O) groups is 1. The minimum absolute atomic E-state index is 0.136. The maximum absolute atomic E-state index is 13.6. The molecule has 0 radical (unpaired) electrons. The Morgan fingerprint density at radius 3 is 2.80 bits per heavy atom. The standard InChI is InChI=1S/C12H15FN2O4S/c1-20(18,19)14-8-4-5-15(7-8)12(17)10-3-2-9(16)6-11(10)13/h2-3,6,8,14,16H,4-5,7H2,1H3. The van der Waals surface area contributed by atoms with Gasteiger partial charge in [0.25, 0.3) is 5.91 Å². The van der Waals surface area contributed by atoms with E-state index >= 15 is 0 Å². The predicted octanol–water partition coefficient (Wildman–Crippen LogP) is 0.295. The van der Waals surface area contributed by atoms with E-state index in [2.05, 4.69) is 4.72 Å². The number of phenolic OH excluding ortho intramolecular Hbond substituents is 1. The highest BCUT2D eigenvalue weighted by molar-refractivity contribution is 7.88. The van der Waals surface area contributed by atoms with Crippen molar-refractivity contribution < 1.29 is 22.7 Å². The fourth-order valence-electron chi connectivity index (χ4n) is 2.19. The normalized spacial score (nSPS) is 19.3. The second-order valence-corrected chi connectivity index (χ2v) is 6.57. The van der Waals surface area contributed by atoms with Gasteiger partial charge in [0.15, 0.2) is 0 Å². The minimum Gasteiger partial charge on any atom is -0.508 e. The maximum atomic E-state index is 13.6. The van der Waals surface area contributed by atoms with Crippen LogP contribution >= 0.6 is 0 Å². The Morgan fingerprint density at radius 2 is 2.20 bits per heavy atom. The van der Waals surface area contributed by atoms with E-state index in [1.807, 2.05) is 0 Å². The number of hydrogen-bond acceptors (Lipinski definition) is 4. The summed E-state index contributed by atoms with van der Waals surface area (Å²) in [6.45, 7) is 0.554. The molecule has 0 aromatic heterocycles. The lowest BCUT2D eigenvalue weighted by Gasteiger charge is -2.17. The molecule has 1 fully saturated rings. The first-order valence-corrected chi connectivity index (χ1v) is 7.90. The first-order valence-electron chi connectivity index (χ1n) is 6.01. The number of sulfonamides is 1. The number of nitrogens with zero attached hydrogens (tertiary/aromatic N) is 1. The molecule has 1 heterocycles. The fourth-order valence-corrected chi connectivity index (χ4v) is 2.99. The van der Waals surface area contributed by atoms with Gasteiger partial charge in [-0.1, -0.05) is 0 Å². The van der Waals surface area contributed by atoms with Gasteiger partial charge >= 0.3 is 0 Å². The first kappa shape index (κ1) is 14.7. The molecular formula is C12H15FN2O4S. The van der Waals surface area contributed by atoms with Crippen LogP contribution in [0, 0.1) is 5.82 Å². The van der Waals surface area contributed by atoms with Gasteiger partial charge in [0.2, 0.25) is 10.0 Å². The summed E-state index contributed by atoms with van der Waals surface area (Å²) >= 11 is 0. The molecule has 0 saturated carbocycles. The van der Waals surface area contributed by atoms with Gasteiger partial charge in [-0.2, -0.15) is 0 Å². The van der Waals surface area contributed by atoms with E-state index in [9.17, 15) is 17.6 Å². The first-order chi connectivity index (χ1) is 9.26. The summed E-state index contributed by atoms with van der Waals surface area (Å²) in [4.78, 5) is 13.5. The number of rotatable bonds is 3. The molecule has 1 aliphatic heterocycles. The lowest BCUT2D eigenvalue weighted by atomic mass is 10.2. The zero-order chi connectivity index (χ0) is 14.9. The summed E-state index contributed by atoms with van der Waals surface area (Å²) in [5.74, 6) is -1.56. The van der Waals surface area contributed by atoms with Crippen LogP contribution in [-0.2, 0) is 10.0 Å². The lowest BCUT2D eigenvalue weighted by molar-refractivity contribution is 0.0785. The average Bonchev–Trinajstić information content (AvgIpc) is 2.74. The van der Waals surface area contributed by atoms with Crippen molar-refractivity contribution >= 4 is 15.9 Å². The van der Waals surface area contributed by atoms with Crippen LogP contribution in [0.2, 0.25) is 0 Å². The van der Waals surface area contributed by atoms with Crippen LogP contribution in [0.1, 0.15) is 16.8 Å². The van der Waals surface area contributed by atoms with E-state index in [1.54, 1.807) is 0 Å². The van der Waals surface area contributed by atoms with E-state index in [0.717, 1.165) is 12.3 Å². The Bertz CT molecular complexity index is 632. The molecule has 110 valence electrons. The SMILES string of the molecule is CS(=O)(=O)NC1CCN(C(=O)c2ccc(O)cc2F)C1. The van der Waals surface area contributed by atoms with Gasteiger partial charge < -0.3 is 10.0 Å². The number of benzene rings is 1. The molecule has 2 rings (SSSR count). The highest BCUT2D eigenvalue weighted by atomic mass is 32.2. The number of nitrogens with one attached hydrogen (secondary N) is 1. The molecule has 1 amide bonds. The van der Waals surface area contributed by atoms with Crippen LogP contribution in [0.5, 0.6) is 5.75 Å². The molecule has 1 unspecified atom stereocenters. The van der Waals surface area contributed by atoms with Crippen LogP contribution in [0.3, 0.4) is 0 Å². The zero-order valence-corrected chi connectivity index (χ0v) is 11.7. The summed E-state index contributed by atoms with van der Waals surface area (Å²) in [6.07, 6.45) is 1.54. The summed E-state index contributed by atoms with van der Waals surface area (Å²) in [7, 11) is -3.33. The van der Waals surface area contributed by atoms with Crippen molar-refractivity contribution in [3.63, 3.8) is 0 Å². The molecule has 1 atom stereocenters. The largest absolute Gasteiger partial charge is 0.508 e. The molecule has 0 bridgehead atoms. The molecule has 0 spiro atoms. The number of carbonyl (C=O) groups excluding carboxylic acids is 1. The van der Waals surface area contributed by atoms with Gasteiger partial charge in [0.1, 0.15) is 11.6 Å². The molecule has 1 aromatic rings. The van der Waals surface area contributed by atoms with Gasteiger partial charge in [-0.05, 0) is 18.6 Å². The molecule has 8 heteroatoms. The van der Waals surface area contributed by atoms with Gasteiger partial charge in [0, 0.05) is 25.2 Å². The number of aromatic hydroxyl groups is 1. The van der Waals surface area contributed by atoms with E-state index in [-0.39, 0.29) is 23.9 Å².